The SMILES string of the molecule is COc1ccc(OCC(=O)CNCc2ccccc2)cc1. The van der Waals surface area contributed by atoms with Crippen molar-refractivity contribution in [3.63, 3.8) is 0 Å². The molecule has 4 heteroatoms. The van der Waals surface area contributed by atoms with Crippen LogP contribution >= 0.6 is 0 Å². The van der Waals surface area contributed by atoms with Crippen LogP contribution in [0.2, 0.25) is 0 Å². The van der Waals surface area contributed by atoms with Crippen LogP contribution in [0.15, 0.2) is 54.6 Å². The van der Waals surface area contributed by atoms with E-state index in [1.54, 1.807) is 31.4 Å². The van der Waals surface area contributed by atoms with Gasteiger partial charge in [0, 0.05) is 6.54 Å². The monoisotopic (exact) mass is 285 g/mol. The van der Waals surface area contributed by atoms with Crippen molar-refractivity contribution in [1.29, 1.82) is 0 Å². The average molecular weight is 285 g/mol. The normalized spacial score (nSPS) is 10.1. The van der Waals surface area contributed by atoms with Crippen LogP contribution in [0, 0.1) is 0 Å². The second-order valence-electron chi connectivity index (χ2n) is 4.59. The summed E-state index contributed by atoms with van der Waals surface area (Å²) in [6.07, 6.45) is 0. The van der Waals surface area contributed by atoms with Crippen molar-refractivity contribution in [2.75, 3.05) is 20.3 Å². The summed E-state index contributed by atoms with van der Waals surface area (Å²) in [6, 6.07) is 17.1. The van der Waals surface area contributed by atoms with Gasteiger partial charge >= 0.3 is 0 Å². The lowest BCUT2D eigenvalue weighted by Gasteiger charge is -2.07. The molecule has 0 spiro atoms. The Balaban J connectivity index is 1.67. The van der Waals surface area contributed by atoms with Crippen molar-refractivity contribution < 1.29 is 14.3 Å². The highest BCUT2D eigenvalue weighted by molar-refractivity contribution is 5.81. The van der Waals surface area contributed by atoms with E-state index in [1.807, 2.05) is 30.3 Å². The van der Waals surface area contributed by atoms with E-state index in [0.717, 1.165) is 11.3 Å². The molecular weight excluding hydrogens is 266 g/mol. The van der Waals surface area contributed by atoms with E-state index in [2.05, 4.69) is 5.32 Å². The predicted octanol–water partition coefficient (Wildman–Crippen LogP) is 2.43. The molecule has 0 unspecified atom stereocenters. The van der Waals surface area contributed by atoms with Crippen molar-refractivity contribution in [3.05, 3.63) is 60.2 Å². The van der Waals surface area contributed by atoms with E-state index in [4.69, 9.17) is 9.47 Å². The summed E-state index contributed by atoms with van der Waals surface area (Å²) in [5, 5.41) is 3.11. The molecule has 0 saturated carbocycles. The maximum atomic E-state index is 11.7. The summed E-state index contributed by atoms with van der Waals surface area (Å²) >= 11 is 0. The molecule has 1 N–H and O–H groups in total. The first kappa shape index (κ1) is 15.1. The molecule has 0 aliphatic carbocycles. The fourth-order valence-electron chi connectivity index (χ4n) is 1.83. The molecule has 2 aromatic rings. The Kier molecular flexibility index (Phi) is 5.79. The van der Waals surface area contributed by atoms with E-state index in [0.29, 0.717) is 18.8 Å². The van der Waals surface area contributed by atoms with Gasteiger partial charge in [-0.25, -0.2) is 0 Å². The summed E-state index contributed by atoms with van der Waals surface area (Å²) in [6.45, 7) is 1.04. The van der Waals surface area contributed by atoms with Crippen LogP contribution in [0.5, 0.6) is 11.5 Å². The minimum atomic E-state index is 0.0155. The van der Waals surface area contributed by atoms with Gasteiger partial charge in [-0.15, -0.1) is 0 Å². The van der Waals surface area contributed by atoms with Crippen LogP contribution in [0.1, 0.15) is 5.56 Å². The summed E-state index contributed by atoms with van der Waals surface area (Å²) in [7, 11) is 1.61. The summed E-state index contributed by atoms with van der Waals surface area (Å²) in [5.41, 5.74) is 1.15. The van der Waals surface area contributed by atoms with E-state index < -0.39 is 0 Å². The van der Waals surface area contributed by atoms with Crippen LogP contribution in [0.4, 0.5) is 0 Å². The lowest BCUT2D eigenvalue weighted by atomic mass is 10.2. The highest BCUT2D eigenvalue weighted by atomic mass is 16.5. The van der Waals surface area contributed by atoms with Crippen LogP contribution in [0.3, 0.4) is 0 Å². The van der Waals surface area contributed by atoms with Gasteiger partial charge < -0.3 is 14.8 Å². The molecule has 2 aromatic carbocycles. The molecule has 110 valence electrons. The first-order valence-electron chi connectivity index (χ1n) is 6.81. The molecular formula is C17H19NO3. The standard InChI is InChI=1S/C17H19NO3/c1-20-16-7-9-17(10-8-16)21-13-15(19)12-18-11-14-5-3-2-4-6-14/h2-10,18H,11-13H2,1H3. The third-order valence-corrected chi connectivity index (χ3v) is 2.95. The smallest absolute Gasteiger partial charge is 0.183 e. The number of carbonyl (C=O) groups excluding carboxylic acids is 1. The van der Waals surface area contributed by atoms with Gasteiger partial charge in [-0.05, 0) is 29.8 Å². The van der Waals surface area contributed by atoms with E-state index in [9.17, 15) is 4.79 Å². The summed E-state index contributed by atoms with van der Waals surface area (Å²) in [4.78, 5) is 11.7. The van der Waals surface area contributed by atoms with Crippen LogP contribution in [-0.2, 0) is 11.3 Å². The highest BCUT2D eigenvalue weighted by Gasteiger charge is 2.03. The molecule has 0 amide bonds. The lowest BCUT2D eigenvalue weighted by Crippen LogP contribution is -2.26. The Bertz CT molecular complexity index is 552. The van der Waals surface area contributed by atoms with Crippen molar-refractivity contribution in [1.82, 2.24) is 5.32 Å². The maximum Gasteiger partial charge on any atom is 0.183 e. The van der Waals surface area contributed by atoms with Gasteiger partial charge in [-0.2, -0.15) is 0 Å². The first-order valence-corrected chi connectivity index (χ1v) is 6.81. The van der Waals surface area contributed by atoms with Gasteiger partial charge in [0.25, 0.3) is 0 Å². The zero-order valence-corrected chi connectivity index (χ0v) is 12.0. The number of Topliss-reactive ketones (excluding diaryl/α,β-unsaturated/α-hetero) is 1. The van der Waals surface area contributed by atoms with Gasteiger partial charge in [0.1, 0.15) is 18.1 Å². The fourth-order valence-corrected chi connectivity index (χ4v) is 1.83. The number of ketones is 1. The van der Waals surface area contributed by atoms with E-state index in [1.165, 1.54) is 0 Å². The largest absolute Gasteiger partial charge is 0.497 e. The highest BCUT2D eigenvalue weighted by Crippen LogP contribution is 2.16. The number of nitrogens with one attached hydrogen (secondary N) is 1. The molecule has 2 rings (SSSR count). The van der Waals surface area contributed by atoms with Crippen LogP contribution < -0.4 is 14.8 Å². The third kappa shape index (κ3) is 5.28. The number of carbonyl (C=O) groups is 1. The van der Waals surface area contributed by atoms with Crippen molar-refractivity contribution in [2.24, 2.45) is 0 Å². The molecule has 0 heterocycles. The lowest BCUT2D eigenvalue weighted by molar-refractivity contribution is -0.120. The van der Waals surface area contributed by atoms with Crippen molar-refractivity contribution in [2.45, 2.75) is 6.54 Å². The molecule has 0 fully saturated rings. The molecule has 0 atom stereocenters. The average Bonchev–Trinajstić information content (AvgIpc) is 2.54. The topological polar surface area (TPSA) is 47.6 Å². The number of methoxy groups -OCH3 is 1. The second-order valence-corrected chi connectivity index (χ2v) is 4.59. The minimum absolute atomic E-state index is 0.0155. The Morgan fingerprint density at radius 2 is 1.67 bits per heavy atom. The quantitative estimate of drug-likeness (QED) is 0.809. The van der Waals surface area contributed by atoms with Crippen molar-refractivity contribution in [3.8, 4) is 11.5 Å². The van der Waals surface area contributed by atoms with E-state index in [-0.39, 0.29) is 12.4 Å². The van der Waals surface area contributed by atoms with Gasteiger partial charge in [0.05, 0.1) is 13.7 Å². The predicted molar refractivity (Wildman–Crippen MR) is 81.6 cm³/mol. The Morgan fingerprint density at radius 3 is 2.33 bits per heavy atom. The maximum absolute atomic E-state index is 11.7. The van der Waals surface area contributed by atoms with Gasteiger partial charge in [-0.3, -0.25) is 4.79 Å². The number of benzene rings is 2. The summed E-state index contributed by atoms with van der Waals surface area (Å²) < 4.78 is 10.5. The van der Waals surface area contributed by atoms with Gasteiger partial charge in [-0.1, -0.05) is 30.3 Å². The molecule has 0 bridgehead atoms. The molecule has 4 nitrogen and oxygen atoms in total. The van der Waals surface area contributed by atoms with Crippen LogP contribution in [-0.4, -0.2) is 26.0 Å². The Labute approximate surface area is 124 Å². The molecule has 0 aliphatic rings. The molecule has 0 radical (unpaired) electrons. The number of hydrogen-bond acceptors (Lipinski definition) is 4. The number of rotatable bonds is 8. The van der Waals surface area contributed by atoms with Crippen LogP contribution in [0.25, 0.3) is 0 Å². The molecule has 0 saturated heterocycles. The summed E-state index contributed by atoms with van der Waals surface area (Å²) in [5.74, 6) is 1.44. The minimum Gasteiger partial charge on any atom is -0.497 e. The van der Waals surface area contributed by atoms with Gasteiger partial charge in [0.15, 0.2) is 5.78 Å². The molecule has 0 aromatic heterocycles. The zero-order valence-electron chi connectivity index (χ0n) is 12.0. The third-order valence-electron chi connectivity index (χ3n) is 2.95. The Morgan fingerprint density at radius 1 is 1.00 bits per heavy atom. The number of hydrogen-bond donors (Lipinski definition) is 1. The molecule has 21 heavy (non-hydrogen) atoms. The number of ether oxygens (including phenoxy) is 2. The molecule has 0 aliphatic heterocycles. The van der Waals surface area contributed by atoms with Gasteiger partial charge in [0.2, 0.25) is 0 Å². The van der Waals surface area contributed by atoms with E-state index >= 15 is 0 Å². The first-order chi connectivity index (χ1) is 10.3. The Hall–Kier alpha value is -2.33. The second kappa shape index (κ2) is 8.07. The van der Waals surface area contributed by atoms with Crippen molar-refractivity contribution >= 4 is 5.78 Å². The fraction of sp³-hybridized carbons (Fsp3) is 0.235. The zero-order chi connectivity index (χ0) is 14.9.